The Morgan fingerprint density at radius 3 is 1.70 bits per heavy atom. The summed E-state index contributed by atoms with van der Waals surface area (Å²) in [5.41, 5.74) is 9.18. The number of fused-ring (bicyclic) bond motifs is 3. The lowest BCUT2D eigenvalue weighted by Crippen LogP contribution is -2.09. The largest absolute Gasteiger partial charge is 0.493 e. The van der Waals surface area contributed by atoms with E-state index in [0.29, 0.717) is 18.1 Å². The van der Waals surface area contributed by atoms with Crippen molar-refractivity contribution in [2.24, 2.45) is 0 Å². The van der Waals surface area contributed by atoms with Crippen LogP contribution in [0.1, 0.15) is 70.1 Å². The zero-order chi connectivity index (χ0) is 46.1. The number of unbranched alkanes of at least 4 members (excludes halogenated alkanes) is 6. The molecule has 0 radical (unpaired) electrons. The maximum atomic E-state index is 11.9. The Hall–Kier alpha value is -6.42. The van der Waals surface area contributed by atoms with Crippen LogP contribution in [-0.2, 0) is 4.79 Å². The lowest BCUT2D eigenvalue weighted by Gasteiger charge is -2.26. The average molecular weight is 958 g/mol. The molecule has 338 valence electrons. The molecule has 67 heavy (non-hydrogen) atoms. The lowest BCUT2D eigenvalue weighted by molar-refractivity contribution is -0.132. The summed E-state index contributed by atoms with van der Waals surface area (Å²) < 4.78 is 17.2. The molecule has 0 unspecified atom stereocenters. The van der Waals surface area contributed by atoms with Crippen molar-refractivity contribution in [2.45, 2.75) is 65.2 Å². The number of nitrogens with zero attached hydrogens (tertiary/aromatic N) is 3. The second-order valence-electron chi connectivity index (χ2n) is 16.4. The van der Waals surface area contributed by atoms with Gasteiger partial charge < -0.3 is 24.0 Å². The third kappa shape index (κ3) is 10.3. The Bertz CT molecular complexity index is 3060. The highest BCUT2D eigenvalue weighted by Gasteiger charge is 2.23. The van der Waals surface area contributed by atoms with Gasteiger partial charge in [-0.05, 0) is 119 Å². The van der Waals surface area contributed by atoms with Crippen LogP contribution in [0.2, 0.25) is 0 Å². The van der Waals surface area contributed by atoms with Crippen molar-refractivity contribution in [3.63, 3.8) is 0 Å². The van der Waals surface area contributed by atoms with Crippen LogP contribution in [0.3, 0.4) is 0 Å². The zero-order valence-corrected chi connectivity index (χ0v) is 40.8. The van der Waals surface area contributed by atoms with Gasteiger partial charge >= 0.3 is 5.97 Å². The van der Waals surface area contributed by atoms with Crippen LogP contribution >= 0.6 is 45.3 Å². The molecule has 0 saturated heterocycles. The van der Waals surface area contributed by atoms with Gasteiger partial charge in [-0.25, -0.2) is 4.79 Å². The third-order valence-corrected chi connectivity index (χ3v) is 16.0. The molecule has 0 atom stereocenters. The van der Waals surface area contributed by atoms with Gasteiger partial charge in [-0.15, -0.1) is 45.3 Å². The fourth-order valence-corrected chi connectivity index (χ4v) is 12.1. The Balaban J connectivity index is 1.11. The average Bonchev–Trinajstić information content (AvgIpc) is 4.22. The summed E-state index contributed by atoms with van der Waals surface area (Å²) in [6.45, 7) is 5.65. The summed E-state index contributed by atoms with van der Waals surface area (Å²) in [7, 11) is 0. The first-order valence-corrected chi connectivity index (χ1v) is 26.3. The molecule has 5 aromatic heterocycles. The van der Waals surface area contributed by atoms with E-state index in [-0.39, 0.29) is 5.57 Å². The molecule has 1 N–H and O–H groups in total. The summed E-state index contributed by atoms with van der Waals surface area (Å²) in [5.74, 6) is 0.260. The summed E-state index contributed by atoms with van der Waals surface area (Å²) >= 11 is 6.69. The van der Waals surface area contributed by atoms with Crippen molar-refractivity contribution < 1.29 is 19.4 Å². The number of thiophene rings is 4. The number of aliphatic carboxylic acids is 1. The standard InChI is InChI=1S/C56H51N3O4S4/c1-3-5-7-9-29-62-45-27-28-47(50(34-45)63-30-10-8-6-4-2)59-48-35-46(33-41(37-57)56(60)61)66-54(48)55-49(59)36-53(67-55)40-19-25-44(26-20-40)58(42-21-15-38(16-22-42)51-13-11-31-64-51)43-23-17-39(18-24-43)52-14-12-32-65-52/h11-28,31-36H,3-10,29-30H2,1-2H3,(H,60,61)/b41-33-. The van der Waals surface area contributed by atoms with E-state index < -0.39 is 5.97 Å². The minimum atomic E-state index is -1.25. The first kappa shape index (κ1) is 45.7. The van der Waals surface area contributed by atoms with Crippen LogP contribution in [0.25, 0.3) is 63.5 Å². The molecular weight excluding hydrogens is 907 g/mol. The molecular formula is C56H51N3O4S4. The van der Waals surface area contributed by atoms with Gasteiger partial charge in [-0.3, -0.25) is 0 Å². The number of rotatable bonds is 21. The maximum absolute atomic E-state index is 11.9. The highest BCUT2D eigenvalue weighted by molar-refractivity contribution is 7.29. The molecule has 7 nitrogen and oxygen atoms in total. The minimum Gasteiger partial charge on any atom is -0.493 e. The molecule has 0 spiro atoms. The van der Waals surface area contributed by atoms with Gasteiger partial charge in [0.15, 0.2) is 0 Å². The molecule has 0 bridgehead atoms. The Morgan fingerprint density at radius 1 is 0.642 bits per heavy atom. The molecule has 9 rings (SSSR count). The molecule has 5 heterocycles. The number of hydrogen-bond acceptors (Lipinski definition) is 9. The smallest absolute Gasteiger partial charge is 0.346 e. The molecule has 0 aliphatic carbocycles. The number of benzene rings is 4. The van der Waals surface area contributed by atoms with E-state index in [2.05, 4.69) is 143 Å². The number of carboxylic acid groups (broad SMARTS) is 1. The molecule has 0 aliphatic rings. The molecule has 11 heteroatoms. The van der Waals surface area contributed by atoms with Gasteiger partial charge in [0.1, 0.15) is 23.1 Å². The van der Waals surface area contributed by atoms with E-state index in [1.54, 1.807) is 34.0 Å². The highest BCUT2D eigenvalue weighted by atomic mass is 32.1. The van der Waals surface area contributed by atoms with Gasteiger partial charge in [-0.2, -0.15) is 5.26 Å². The Labute approximate surface area is 408 Å². The summed E-state index contributed by atoms with van der Waals surface area (Å²) in [4.78, 5) is 18.5. The number of nitriles is 1. The number of ether oxygens (including phenoxy) is 2. The SMILES string of the molecule is CCCCCCOc1ccc(-n2c3cc(/C=C(/C#N)C(=O)O)sc3c3sc(-c4ccc(N(c5ccc(-c6cccs6)cc5)c5ccc(-c6cccs6)cc5)cc4)cc32)c(OCCCCCC)c1. The van der Waals surface area contributed by atoms with Crippen LogP contribution in [0.4, 0.5) is 17.1 Å². The maximum Gasteiger partial charge on any atom is 0.346 e. The fourth-order valence-electron chi connectivity index (χ4n) is 8.30. The van der Waals surface area contributed by atoms with E-state index in [1.165, 1.54) is 51.1 Å². The van der Waals surface area contributed by atoms with E-state index in [4.69, 9.17) is 9.47 Å². The summed E-state index contributed by atoms with van der Waals surface area (Å²) in [6.07, 6.45) is 10.3. The predicted octanol–water partition coefficient (Wildman–Crippen LogP) is 17.4. The number of carboxylic acids is 1. The zero-order valence-electron chi connectivity index (χ0n) is 37.6. The normalized spacial score (nSPS) is 11.6. The van der Waals surface area contributed by atoms with Crippen LogP contribution in [-0.4, -0.2) is 28.9 Å². The van der Waals surface area contributed by atoms with Crippen molar-refractivity contribution >= 4 is 94.9 Å². The van der Waals surface area contributed by atoms with Crippen molar-refractivity contribution in [1.29, 1.82) is 5.26 Å². The minimum absolute atomic E-state index is 0.304. The predicted molar refractivity (Wildman–Crippen MR) is 284 cm³/mol. The van der Waals surface area contributed by atoms with Crippen LogP contribution in [0.5, 0.6) is 11.5 Å². The number of carbonyl (C=O) groups is 1. The van der Waals surface area contributed by atoms with E-state index in [0.717, 1.165) is 104 Å². The topological polar surface area (TPSA) is 87.7 Å². The number of aromatic nitrogens is 1. The van der Waals surface area contributed by atoms with Crippen molar-refractivity contribution in [3.05, 3.63) is 149 Å². The number of anilines is 3. The van der Waals surface area contributed by atoms with Crippen LogP contribution in [0, 0.1) is 11.3 Å². The monoisotopic (exact) mass is 957 g/mol. The van der Waals surface area contributed by atoms with Crippen LogP contribution in [0.15, 0.2) is 144 Å². The second kappa shape index (κ2) is 21.5. The quantitative estimate of drug-likeness (QED) is 0.0439. The highest BCUT2D eigenvalue weighted by Crippen LogP contribution is 2.47. The van der Waals surface area contributed by atoms with Crippen LogP contribution < -0.4 is 14.4 Å². The third-order valence-electron chi connectivity index (χ3n) is 11.7. The second-order valence-corrected chi connectivity index (χ2v) is 20.4. The van der Waals surface area contributed by atoms with Gasteiger partial charge in [0.05, 0.1) is 39.3 Å². The lowest BCUT2D eigenvalue weighted by atomic mass is 10.1. The first-order chi connectivity index (χ1) is 32.9. The van der Waals surface area contributed by atoms with Crippen molar-refractivity contribution in [1.82, 2.24) is 4.57 Å². The van der Waals surface area contributed by atoms with Crippen molar-refractivity contribution in [3.8, 4) is 54.6 Å². The van der Waals surface area contributed by atoms with E-state index in [9.17, 15) is 15.2 Å². The van der Waals surface area contributed by atoms with E-state index >= 15 is 0 Å². The van der Waals surface area contributed by atoms with Gasteiger partial charge in [-0.1, -0.05) is 101 Å². The van der Waals surface area contributed by atoms with Gasteiger partial charge in [0.2, 0.25) is 0 Å². The molecule has 9 aromatic rings. The number of hydrogen-bond donors (Lipinski definition) is 1. The van der Waals surface area contributed by atoms with Crippen molar-refractivity contribution in [2.75, 3.05) is 18.1 Å². The van der Waals surface area contributed by atoms with Gasteiger partial charge in [0, 0.05) is 42.6 Å². The molecule has 0 saturated carbocycles. The first-order valence-electron chi connectivity index (χ1n) is 22.9. The summed E-state index contributed by atoms with van der Waals surface area (Å²) in [6, 6.07) is 47.0. The fraction of sp³-hybridized carbons (Fsp3) is 0.214. The molecule has 0 aliphatic heterocycles. The Morgan fingerprint density at radius 2 is 1.18 bits per heavy atom. The Kier molecular flexibility index (Phi) is 14.7. The van der Waals surface area contributed by atoms with E-state index in [1.807, 2.05) is 24.3 Å². The summed E-state index contributed by atoms with van der Waals surface area (Å²) in [5, 5.41) is 23.6. The molecule has 4 aromatic carbocycles. The molecule has 0 amide bonds. The molecule has 0 fully saturated rings. The van der Waals surface area contributed by atoms with Gasteiger partial charge in [0.25, 0.3) is 0 Å².